The first-order valence-corrected chi connectivity index (χ1v) is 7.89. The fourth-order valence-corrected chi connectivity index (χ4v) is 5.46. The van der Waals surface area contributed by atoms with Gasteiger partial charge in [0.25, 0.3) is 0 Å². The molecule has 0 spiro atoms. The van der Waals surface area contributed by atoms with Crippen molar-refractivity contribution in [3.8, 4) is 0 Å². The van der Waals surface area contributed by atoms with Crippen molar-refractivity contribution in [2.45, 2.75) is 51.0 Å². The van der Waals surface area contributed by atoms with Gasteiger partial charge in [-0.2, -0.15) is 0 Å². The standard InChI is InChI=1S/C17H24O/c18-13-6-9-15-12(10-13)5-8-16-14-3-1-2-11(14)4-7-17(15)16/h1-3,11-13,15-18H,4-10H2. The van der Waals surface area contributed by atoms with Crippen LogP contribution in [-0.2, 0) is 0 Å². The molecule has 4 aliphatic carbocycles. The Morgan fingerprint density at radius 3 is 2.78 bits per heavy atom. The van der Waals surface area contributed by atoms with E-state index in [4.69, 9.17) is 0 Å². The highest BCUT2D eigenvalue weighted by molar-refractivity contribution is 5.32. The molecule has 0 aliphatic heterocycles. The second-order valence-electron chi connectivity index (χ2n) is 6.97. The smallest absolute Gasteiger partial charge is 0.0543 e. The van der Waals surface area contributed by atoms with Crippen LogP contribution in [0.4, 0.5) is 0 Å². The van der Waals surface area contributed by atoms with Gasteiger partial charge in [-0.25, -0.2) is 0 Å². The van der Waals surface area contributed by atoms with Gasteiger partial charge in [0, 0.05) is 0 Å². The van der Waals surface area contributed by atoms with Crippen LogP contribution in [0.25, 0.3) is 0 Å². The van der Waals surface area contributed by atoms with Gasteiger partial charge in [0.05, 0.1) is 6.10 Å². The predicted molar refractivity (Wildman–Crippen MR) is 73.0 cm³/mol. The molecular formula is C17H24O. The van der Waals surface area contributed by atoms with E-state index in [1.807, 2.05) is 0 Å². The van der Waals surface area contributed by atoms with Crippen LogP contribution in [0.3, 0.4) is 0 Å². The Bertz CT molecular complexity index is 394. The zero-order valence-corrected chi connectivity index (χ0v) is 11.1. The lowest BCUT2D eigenvalue weighted by Gasteiger charge is -2.50. The van der Waals surface area contributed by atoms with Gasteiger partial charge in [-0.05, 0) is 74.5 Å². The Labute approximate surface area is 110 Å². The molecule has 0 aromatic heterocycles. The Hall–Kier alpha value is -0.560. The quantitative estimate of drug-likeness (QED) is 0.689. The number of allylic oxidation sites excluding steroid dienone is 4. The first-order valence-electron chi connectivity index (χ1n) is 7.89. The molecule has 6 atom stereocenters. The maximum absolute atomic E-state index is 9.87. The van der Waals surface area contributed by atoms with Crippen molar-refractivity contribution in [2.75, 3.05) is 0 Å². The van der Waals surface area contributed by atoms with E-state index in [2.05, 4.69) is 18.2 Å². The lowest BCUT2D eigenvalue weighted by molar-refractivity contribution is -0.00661. The van der Waals surface area contributed by atoms with Gasteiger partial charge < -0.3 is 5.11 Å². The normalized spacial score (nSPS) is 50.2. The van der Waals surface area contributed by atoms with Crippen LogP contribution in [0.1, 0.15) is 44.9 Å². The molecule has 4 aliphatic rings. The highest BCUT2D eigenvalue weighted by Gasteiger charge is 2.46. The molecule has 0 amide bonds. The molecule has 0 bridgehead atoms. The molecule has 0 aromatic rings. The number of hydrogen-bond donors (Lipinski definition) is 1. The van der Waals surface area contributed by atoms with Crippen LogP contribution in [0, 0.1) is 29.6 Å². The van der Waals surface area contributed by atoms with Crippen molar-refractivity contribution < 1.29 is 5.11 Å². The second kappa shape index (κ2) is 4.23. The maximum Gasteiger partial charge on any atom is 0.0543 e. The SMILES string of the molecule is OC1CCC2C(CCC3C4=CC=CC4CCC32)C1. The fraction of sp³-hybridized carbons (Fsp3) is 0.765. The molecule has 0 heterocycles. The number of hydrogen-bond acceptors (Lipinski definition) is 1. The highest BCUT2D eigenvalue weighted by atomic mass is 16.3. The number of rotatable bonds is 0. The average Bonchev–Trinajstić information content (AvgIpc) is 2.86. The first-order chi connectivity index (χ1) is 8.83. The Morgan fingerprint density at radius 2 is 1.83 bits per heavy atom. The minimum Gasteiger partial charge on any atom is -0.393 e. The third-order valence-electron chi connectivity index (χ3n) is 6.23. The summed E-state index contributed by atoms with van der Waals surface area (Å²) < 4.78 is 0. The molecule has 98 valence electrons. The topological polar surface area (TPSA) is 20.2 Å². The fourth-order valence-electron chi connectivity index (χ4n) is 5.46. The van der Waals surface area contributed by atoms with Crippen molar-refractivity contribution in [1.82, 2.24) is 0 Å². The van der Waals surface area contributed by atoms with Gasteiger partial charge >= 0.3 is 0 Å². The summed E-state index contributed by atoms with van der Waals surface area (Å²) in [7, 11) is 0. The van der Waals surface area contributed by atoms with Crippen LogP contribution >= 0.6 is 0 Å². The Balaban J connectivity index is 1.58. The molecular weight excluding hydrogens is 220 g/mol. The van der Waals surface area contributed by atoms with E-state index in [1.54, 1.807) is 5.57 Å². The highest BCUT2D eigenvalue weighted by Crippen LogP contribution is 2.55. The summed E-state index contributed by atoms with van der Waals surface area (Å²) in [5.41, 5.74) is 1.76. The molecule has 18 heavy (non-hydrogen) atoms. The van der Waals surface area contributed by atoms with E-state index < -0.39 is 0 Å². The summed E-state index contributed by atoms with van der Waals surface area (Å²) in [5.74, 6) is 4.38. The Kier molecular flexibility index (Phi) is 2.65. The summed E-state index contributed by atoms with van der Waals surface area (Å²) >= 11 is 0. The van der Waals surface area contributed by atoms with Crippen LogP contribution in [0.2, 0.25) is 0 Å². The average molecular weight is 244 g/mol. The molecule has 6 unspecified atom stereocenters. The van der Waals surface area contributed by atoms with E-state index in [0.717, 1.165) is 42.4 Å². The third-order valence-corrected chi connectivity index (χ3v) is 6.23. The first kappa shape index (κ1) is 11.3. The van der Waals surface area contributed by atoms with Crippen molar-refractivity contribution in [2.24, 2.45) is 29.6 Å². The third kappa shape index (κ3) is 1.63. The van der Waals surface area contributed by atoms with Gasteiger partial charge in [0.1, 0.15) is 0 Å². The van der Waals surface area contributed by atoms with Gasteiger partial charge in [-0.1, -0.05) is 23.8 Å². The summed E-state index contributed by atoms with van der Waals surface area (Å²) in [6.07, 6.45) is 16.2. The van der Waals surface area contributed by atoms with E-state index in [9.17, 15) is 5.11 Å². The summed E-state index contributed by atoms with van der Waals surface area (Å²) in [6, 6.07) is 0. The largest absolute Gasteiger partial charge is 0.393 e. The van der Waals surface area contributed by atoms with Crippen molar-refractivity contribution in [1.29, 1.82) is 0 Å². The van der Waals surface area contributed by atoms with E-state index in [1.165, 1.54) is 32.1 Å². The number of aliphatic hydroxyl groups is 1. The maximum atomic E-state index is 9.87. The summed E-state index contributed by atoms with van der Waals surface area (Å²) in [5, 5.41) is 9.87. The molecule has 1 nitrogen and oxygen atoms in total. The van der Waals surface area contributed by atoms with Crippen molar-refractivity contribution in [3.63, 3.8) is 0 Å². The van der Waals surface area contributed by atoms with Crippen LogP contribution in [0.5, 0.6) is 0 Å². The zero-order valence-electron chi connectivity index (χ0n) is 11.1. The summed E-state index contributed by atoms with van der Waals surface area (Å²) in [6.45, 7) is 0. The van der Waals surface area contributed by atoms with Crippen molar-refractivity contribution in [3.05, 3.63) is 23.8 Å². The summed E-state index contributed by atoms with van der Waals surface area (Å²) in [4.78, 5) is 0. The van der Waals surface area contributed by atoms with Gasteiger partial charge in [-0.15, -0.1) is 0 Å². The van der Waals surface area contributed by atoms with Crippen molar-refractivity contribution >= 4 is 0 Å². The van der Waals surface area contributed by atoms with Gasteiger partial charge in [0.15, 0.2) is 0 Å². The molecule has 0 saturated heterocycles. The molecule has 0 radical (unpaired) electrons. The molecule has 1 heteroatoms. The van der Waals surface area contributed by atoms with E-state index >= 15 is 0 Å². The lowest BCUT2D eigenvalue weighted by Crippen LogP contribution is -2.42. The molecule has 3 saturated carbocycles. The monoisotopic (exact) mass is 244 g/mol. The second-order valence-corrected chi connectivity index (χ2v) is 6.97. The zero-order chi connectivity index (χ0) is 12.1. The van der Waals surface area contributed by atoms with Crippen LogP contribution < -0.4 is 0 Å². The molecule has 4 rings (SSSR count). The van der Waals surface area contributed by atoms with Gasteiger partial charge in [0.2, 0.25) is 0 Å². The molecule has 3 fully saturated rings. The van der Waals surface area contributed by atoms with Crippen LogP contribution in [-0.4, -0.2) is 11.2 Å². The lowest BCUT2D eigenvalue weighted by atomic mass is 9.55. The minimum absolute atomic E-state index is 0.00602. The Morgan fingerprint density at radius 1 is 0.944 bits per heavy atom. The number of aliphatic hydroxyl groups excluding tert-OH is 1. The van der Waals surface area contributed by atoms with E-state index in [-0.39, 0.29) is 6.10 Å². The van der Waals surface area contributed by atoms with E-state index in [0.29, 0.717) is 0 Å². The molecule has 0 aromatic carbocycles. The van der Waals surface area contributed by atoms with Crippen LogP contribution in [0.15, 0.2) is 23.8 Å². The minimum atomic E-state index is 0.00602. The van der Waals surface area contributed by atoms with Gasteiger partial charge in [-0.3, -0.25) is 0 Å². The number of fused-ring (bicyclic) bond motifs is 5. The predicted octanol–water partition coefficient (Wildman–Crippen LogP) is 3.70. The molecule has 1 N–H and O–H groups in total.